The Labute approximate surface area is 149 Å². The fourth-order valence-electron chi connectivity index (χ4n) is 3.70. The number of hydrogen-bond acceptors (Lipinski definition) is 5. The van der Waals surface area contributed by atoms with Crippen LogP contribution in [0.1, 0.15) is 28.8 Å². The Hall–Kier alpha value is -1.47. The first-order valence-electron chi connectivity index (χ1n) is 9.06. The van der Waals surface area contributed by atoms with Gasteiger partial charge in [-0.3, -0.25) is 9.69 Å². The Bertz CT molecular complexity index is 557. The van der Waals surface area contributed by atoms with Gasteiger partial charge in [0.05, 0.1) is 25.9 Å². The highest BCUT2D eigenvalue weighted by molar-refractivity contribution is 5.94. The number of methoxy groups -OCH3 is 1. The van der Waals surface area contributed by atoms with E-state index in [0.717, 1.165) is 38.3 Å². The fourth-order valence-corrected chi connectivity index (χ4v) is 3.70. The molecule has 0 spiro atoms. The average molecular weight is 348 g/mol. The van der Waals surface area contributed by atoms with Crippen molar-refractivity contribution in [2.45, 2.75) is 31.6 Å². The van der Waals surface area contributed by atoms with E-state index in [1.165, 1.54) is 0 Å². The number of carbonyl (C=O) groups is 1. The van der Waals surface area contributed by atoms with Gasteiger partial charge in [0, 0.05) is 44.9 Å². The van der Waals surface area contributed by atoms with E-state index >= 15 is 0 Å². The molecule has 0 saturated carbocycles. The molecule has 2 heterocycles. The van der Waals surface area contributed by atoms with Crippen molar-refractivity contribution in [2.24, 2.45) is 0 Å². The lowest BCUT2D eigenvalue weighted by atomic mass is 10.0. The minimum atomic E-state index is -0.389. The van der Waals surface area contributed by atoms with Crippen LogP contribution >= 0.6 is 0 Å². The first kappa shape index (κ1) is 18.3. The van der Waals surface area contributed by atoms with Crippen LogP contribution in [0.3, 0.4) is 0 Å². The number of benzene rings is 1. The average Bonchev–Trinajstić information content (AvgIpc) is 2.84. The molecule has 2 aliphatic heterocycles. The zero-order valence-electron chi connectivity index (χ0n) is 14.9. The highest BCUT2D eigenvalue weighted by Gasteiger charge is 2.32. The van der Waals surface area contributed by atoms with Gasteiger partial charge >= 0.3 is 0 Å². The van der Waals surface area contributed by atoms with Crippen molar-refractivity contribution in [2.75, 3.05) is 46.5 Å². The molecule has 138 valence electrons. The van der Waals surface area contributed by atoms with E-state index in [1.54, 1.807) is 7.11 Å². The molecule has 2 saturated heterocycles. The van der Waals surface area contributed by atoms with Gasteiger partial charge in [-0.05, 0) is 30.5 Å². The first-order valence-corrected chi connectivity index (χ1v) is 9.06. The van der Waals surface area contributed by atoms with Crippen molar-refractivity contribution >= 4 is 5.91 Å². The van der Waals surface area contributed by atoms with Crippen LogP contribution in [-0.4, -0.2) is 79.5 Å². The third-order valence-electron chi connectivity index (χ3n) is 5.15. The zero-order chi connectivity index (χ0) is 17.6. The summed E-state index contributed by atoms with van der Waals surface area (Å²) < 4.78 is 10.5. The smallest absolute Gasteiger partial charge is 0.253 e. The third-order valence-corrected chi connectivity index (χ3v) is 5.15. The van der Waals surface area contributed by atoms with Crippen LogP contribution in [0.2, 0.25) is 0 Å². The molecular formula is C19H28N2O4. The van der Waals surface area contributed by atoms with E-state index in [1.807, 2.05) is 29.2 Å². The van der Waals surface area contributed by atoms with E-state index in [-0.39, 0.29) is 18.1 Å². The monoisotopic (exact) mass is 348 g/mol. The molecule has 1 amide bonds. The fraction of sp³-hybridized carbons (Fsp3) is 0.632. The Kier molecular flexibility index (Phi) is 6.42. The Balaban J connectivity index is 1.62. The number of morpholine rings is 1. The van der Waals surface area contributed by atoms with E-state index < -0.39 is 0 Å². The summed E-state index contributed by atoms with van der Waals surface area (Å²) in [5, 5.41) is 10.5. The minimum Gasteiger partial charge on any atom is -0.391 e. The van der Waals surface area contributed by atoms with Crippen molar-refractivity contribution in [1.29, 1.82) is 0 Å². The minimum absolute atomic E-state index is 0.0406. The second kappa shape index (κ2) is 8.76. The number of aliphatic hydroxyl groups excluding tert-OH is 1. The van der Waals surface area contributed by atoms with Crippen LogP contribution in [0.5, 0.6) is 0 Å². The normalized spacial score (nSPS) is 25.6. The second-order valence-corrected chi connectivity index (χ2v) is 6.78. The van der Waals surface area contributed by atoms with Gasteiger partial charge in [0.1, 0.15) is 0 Å². The molecule has 3 rings (SSSR count). The maximum absolute atomic E-state index is 12.8. The van der Waals surface area contributed by atoms with Crippen molar-refractivity contribution < 1.29 is 19.4 Å². The predicted molar refractivity (Wildman–Crippen MR) is 94.5 cm³/mol. The standard InChI is InChI=1S/C19H28N2O4/c1-24-14-15-2-4-16(5-3-15)19(23)21-8-6-17(18(22)7-9-21)20-10-12-25-13-11-20/h2-5,17-18,22H,6-14H2,1H3/t17-,18-/m0/s1. The number of carbonyl (C=O) groups excluding carboxylic acids is 1. The second-order valence-electron chi connectivity index (χ2n) is 6.78. The maximum atomic E-state index is 12.8. The molecule has 2 aliphatic rings. The van der Waals surface area contributed by atoms with E-state index in [2.05, 4.69) is 4.90 Å². The van der Waals surface area contributed by atoms with Crippen molar-refractivity contribution in [3.63, 3.8) is 0 Å². The topological polar surface area (TPSA) is 62.2 Å². The van der Waals surface area contributed by atoms with Gasteiger partial charge in [-0.2, -0.15) is 0 Å². The summed E-state index contributed by atoms with van der Waals surface area (Å²) in [6.45, 7) is 4.98. The summed E-state index contributed by atoms with van der Waals surface area (Å²) >= 11 is 0. The highest BCUT2D eigenvalue weighted by atomic mass is 16.5. The van der Waals surface area contributed by atoms with Gasteiger partial charge in [0.25, 0.3) is 5.91 Å². The maximum Gasteiger partial charge on any atom is 0.253 e. The number of ether oxygens (including phenoxy) is 2. The molecule has 25 heavy (non-hydrogen) atoms. The number of amides is 1. The summed E-state index contributed by atoms with van der Waals surface area (Å²) in [5.41, 5.74) is 1.75. The van der Waals surface area contributed by atoms with Crippen LogP contribution < -0.4 is 0 Å². The molecular weight excluding hydrogens is 320 g/mol. The van der Waals surface area contributed by atoms with Crippen molar-refractivity contribution in [3.8, 4) is 0 Å². The van der Waals surface area contributed by atoms with E-state index in [9.17, 15) is 9.90 Å². The highest BCUT2D eigenvalue weighted by Crippen LogP contribution is 2.20. The molecule has 0 radical (unpaired) electrons. The van der Waals surface area contributed by atoms with Gasteiger partial charge in [0.15, 0.2) is 0 Å². The van der Waals surface area contributed by atoms with Crippen LogP contribution in [0.15, 0.2) is 24.3 Å². The Morgan fingerprint density at radius 3 is 2.52 bits per heavy atom. The summed E-state index contributed by atoms with van der Waals surface area (Å²) in [7, 11) is 1.66. The lowest BCUT2D eigenvalue weighted by molar-refractivity contribution is -0.0222. The van der Waals surface area contributed by atoms with E-state index in [0.29, 0.717) is 31.7 Å². The van der Waals surface area contributed by atoms with Gasteiger partial charge in [-0.1, -0.05) is 12.1 Å². The van der Waals surface area contributed by atoms with Gasteiger partial charge in [-0.25, -0.2) is 0 Å². The van der Waals surface area contributed by atoms with Gasteiger partial charge in [0.2, 0.25) is 0 Å². The van der Waals surface area contributed by atoms with Crippen LogP contribution in [0, 0.1) is 0 Å². The zero-order valence-corrected chi connectivity index (χ0v) is 14.9. The summed E-state index contributed by atoms with van der Waals surface area (Å²) in [6, 6.07) is 7.69. The SMILES string of the molecule is COCc1ccc(C(=O)N2CC[C@H](O)[C@@H](N3CCOCC3)CC2)cc1. The summed E-state index contributed by atoms with van der Waals surface area (Å²) in [4.78, 5) is 17.0. The van der Waals surface area contributed by atoms with Gasteiger partial charge < -0.3 is 19.5 Å². The van der Waals surface area contributed by atoms with Crippen LogP contribution in [0.25, 0.3) is 0 Å². The first-order chi connectivity index (χ1) is 12.2. The largest absolute Gasteiger partial charge is 0.391 e. The summed E-state index contributed by atoms with van der Waals surface area (Å²) in [5.74, 6) is 0.0406. The number of aliphatic hydroxyl groups is 1. The number of rotatable bonds is 4. The number of likely N-dealkylation sites (tertiary alicyclic amines) is 1. The molecule has 1 aromatic rings. The molecule has 0 aromatic heterocycles. The molecule has 6 nitrogen and oxygen atoms in total. The quantitative estimate of drug-likeness (QED) is 0.884. The Morgan fingerprint density at radius 1 is 1.16 bits per heavy atom. The molecule has 0 aliphatic carbocycles. The molecule has 0 unspecified atom stereocenters. The molecule has 1 aromatic carbocycles. The molecule has 1 N–H and O–H groups in total. The number of hydrogen-bond donors (Lipinski definition) is 1. The number of nitrogens with zero attached hydrogens (tertiary/aromatic N) is 2. The molecule has 2 atom stereocenters. The molecule has 6 heteroatoms. The molecule has 0 bridgehead atoms. The lowest BCUT2D eigenvalue weighted by Gasteiger charge is -2.36. The van der Waals surface area contributed by atoms with Crippen molar-refractivity contribution in [1.82, 2.24) is 9.80 Å². The van der Waals surface area contributed by atoms with Crippen LogP contribution in [0.4, 0.5) is 0 Å². The van der Waals surface area contributed by atoms with Crippen molar-refractivity contribution in [3.05, 3.63) is 35.4 Å². The van der Waals surface area contributed by atoms with Gasteiger partial charge in [-0.15, -0.1) is 0 Å². The predicted octanol–water partition coefficient (Wildman–Crippen LogP) is 1.13. The van der Waals surface area contributed by atoms with E-state index in [4.69, 9.17) is 9.47 Å². The summed E-state index contributed by atoms with van der Waals surface area (Å²) in [6.07, 6.45) is 1.03. The third kappa shape index (κ3) is 4.58. The van der Waals surface area contributed by atoms with Crippen LogP contribution in [-0.2, 0) is 16.1 Å². The lowest BCUT2D eigenvalue weighted by Crippen LogP contribution is -2.49. The molecule has 2 fully saturated rings. The Morgan fingerprint density at radius 2 is 1.84 bits per heavy atom.